The number of fused-ring (bicyclic) bond motifs is 3. The molecule has 0 spiro atoms. The van der Waals surface area contributed by atoms with Crippen molar-refractivity contribution in [2.75, 3.05) is 19.6 Å². The molecule has 0 aromatic carbocycles. The summed E-state index contributed by atoms with van der Waals surface area (Å²) in [5.74, 6) is 0.427. The van der Waals surface area contributed by atoms with Gasteiger partial charge in [-0.3, -0.25) is 9.59 Å². The lowest BCUT2D eigenvalue weighted by atomic mass is 9.97. The lowest BCUT2D eigenvalue weighted by Crippen LogP contribution is -2.47. The summed E-state index contributed by atoms with van der Waals surface area (Å²) in [5, 5.41) is 3.73. The molecule has 3 atom stereocenters. The van der Waals surface area contributed by atoms with Gasteiger partial charge in [-0.05, 0) is 38.3 Å². The number of Topliss-reactive ketones (excluding diaryl/α,β-unsaturated/α-hetero) is 1. The third-order valence-electron chi connectivity index (χ3n) is 4.87. The molecule has 4 heterocycles. The maximum Gasteiger partial charge on any atom is 0.270 e. The van der Waals surface area contributed by atoms with Crippen LogP contribution in [0.4, 0.5) is 0 Å². The second kappa shape index (κ2) is 5.45. The number of hydrogen-bond donors (Lipinski definition) is 1. The summed E-state index contributed by atoms with van der Waals surface area (Å²) >= 11 is 0. The lowest BCUT2D eigenvalue weighted by molar-refractivity contribution is 0.0903. The molecule has 1 amide bonds. The average Bonchev–Trinajstić information content (AvgIpc) is 3.09. The van der Waals surface area contributed by atoms with E-state index in [1.54, 1.807) is 6.07 Å². The molecular weight excluding hydrogens is 294 g/mol. The molecule has 2 aliphatic rings. The van der Waals surface area contributed by atoms with Gasteiger partial charge in [0.2, 0.25) is 0 Å². The number of aromatic nitrogens is 1. The number of piperidine rings is 1. The van der Waals surface area contributed by atoms with Crippen molar-refractivity contribution in [2.24, 2.45) is 5.92 Å². The predicted octanol–water partition coefficient (Wildman–Crippen LogP) is 1.85. The number of ketones is 1. The third kappa shape index (κ3) is 2.63. The van der Waals surface area contributed by atoms with Gasteiger partial charge < -0.3 is 14.6 Å². The van der Waals surface area contributed by atoms with Crippen molar-refractivity contribution in [3.8, 4) is 0 Å². The van der Waals surface area contributed by atoms with Gasteiger partial charge in [0.05, 0.1) is 11.8 Å². The number of furan rings is 1. The van der Waals surface area contributed by atoms with E-state index in [0.717, 1.165) is 26.1 Å². The number of carbonyl (C=O) groups excluding carboxylic acids is 2. The minimum absolute atomic E-state index is 0.0852. The predicted molar refractivity (Wildman–Crippen MR) is 84.4 cm³/mol. The third-order valence-corrected chi connectivity index (χ3v) is 4.87. The maximum absolute atomic E-state index is 12.5. The van der Waals surface area contributed by atoms with Crippen LogP contribution in [0, 0.1) is 5.92 Å². The zero-order valence-electron chi connectivity index (χ0n) is 13.0. The molecule has 2 fully saturated rings. The van der Waals surface area contributed by atoms with E-state index < -0.39 is 0 Å². The van der Waals surface area contributed by atoms with E-state index in [2.05, 4.69) is 15.2 Å². The smallest absolute Gasteiger partial charge is 0.270 e. The SMILES string of the molecule is CC(=O)c1coc2cnc(C(=O)NC3CC4CCN(C4)C3)cc12. The van der Waals surface area contributed by atoms with Crippen LogP contribution >= 0.6 is 0 Å². The van der Waals surface area contributed by atoms with Crippen molar-refractivity contribution in [3.05, 3.63) is 29.8 Å². The summed E-state index contributed by atoms with van der Waals surface area (Å²) in [7, 11) is 0. The normalized spacial score (nSPS) is 26.4. The molecule has 2 bridgehead atoms. The lowest BCUT2D eigenvalue weighted by Gasteiger charge is -2.30. The van der Waals surface area contributed by atoms with Gasteiger partial charge in [0.1, 0.15) is 12.0 Å². The second-order valence-corrected chi connectivity index (χ2v) is 6.59. The molecule has 2 aromatic rings. The average molecular weight is 313 g/mol. The van der Waals surface area contributed by atoms with Crippen molar-refractivity contribution >= 4 is 22.7 Å². The fourth-order valence-corrected chi connectivity index (χ4v) is 3.75. The van der Waals surface area contributed by atoms with E-state index >= 15 is 0 Å². The molecule has 23 heavy (non-hydrogen) atoms. The first-order chi connectivity index (χ1) is 11.1. The Morgan fingerprint density at radius 1 is 1.39 bits per heavy atom. The molecule has 4 rings (SSSR count). The van der Waals surface area contributed by atoms with Gasteiger partial charge in [-0.25, -0.2) is 4.98 Å². The van der Waals surface area contributed by atoms with Crippen LogP contribution in [0.2, 0.25) is 0 Å². The highest BCUT2D eigenvalue weighted by Gasteiger charge is 2.33. The minimum Gasteiger partial charge on any atom is -0.462 e. The monoisotopic (exact) mass is 313 g/mol. The van der Waals surface area contributed by atoms with Crippen LogP contribution in [0.3, 0.4) is 0 Å². The van der Waals surface area contributed by atoms with Gasteiger partial charge in [0.25, 0.3) is 5.91 Å². The van der Waals surface area contributed by atoms with E-state index in [-0.39, 0.29) is 17.7 Å². The van der Waals surface area contributed by atoms with Gasteiger partial charge in [0.15, 0.2) is 11.4 Å². The Hall–Kier alpha value is -2.21. The first kappa shape index (κ1) is 14.4. The zero-order chi connectivity index (χ0) is 16.0. The number of nitrogens with zero attached hydrogens (tertiary/aromatic N) is 2. The van der Waals surface area contributed by atoms with E-state index in [1.165, 1.54) is 25.8 Å². The Kier molecular flexibility index (Phi) is 3.41. The highest BCUT2D eigenvalue weighted by Crippen LogP contribution is 2.27. The number of nitrogens with one attached hydrogen (secondary N) is 1. The molecule has 2 saturated heterocycles. The number of pyridine rings is 1. The summed E-state index contributed by atoms with van der Waals surface area (Å²) in [6.07, 6.45) is 5.19. The largest absolute Gasteiger partial charge is 0.462 e. The van der Waals surface area contributed by atoms with Crippen molar-refractivity contribution in [2.45, 2.75) is 25.8 Å². The van der Waals surface area contributed by atoms with Crippen molar-refractivity contribution in [3.63, 3.8) is 0 Å². The minimum atomic E-state index is -0.185. The summed E-state index contributed by atoms with van der Waals surface area (Å²) in [4.78, 5) is 30.7. The van der Waals surface area contributed by atoms with Crippen LogP contribution in [-0.2, 0) is 0 Å². The van der Waals surface area contributed by atoms with Crippen LogP contribution in [0.1, 0.15) is 40.6 Å². The van der Waals surface area contributed by atoms with Crippen LogP contribution in [-0.4, -0.2) is 47.3 Å². The van der Waals surface area contributed by atoms with Crippen LogP contribution in [0.5, 0.6) is 0 Å². The Balaban J connectivity index is 1.55. The maximum atomic E-state index is 12.5. The number of hydrogen-bond acceptors (Lipinski definition) is 5. The van der Waals surface area contributed by atoms with E-state index in [4.69, 9.17) is 4.42 Å². The molecule has 2 aromatic heterocycles. The molecule has 6 heteroatoms. The molecule has 1 N–H and O–H groups in total. The Labute approximate surface area is 133 Å². The molecule has 0 saturated carbocycles. The highest BCUT2D eigenvalue weighted by molar-refractivity contribution is 6.07. The van der Waals surface area contributed by atoms with Gasteiger partial charge in [-0.1, -0.05) is 0 Å². The van der Waals surface area contributed by atoms with E-state index in [0.29, 0.717) is 28.1 Å². The number of rotatable bonds is 3. The second-order valence-electron chi connectivity index (χ2n) is 6.59. The molecule has 0 aliphatic carbocycles. The molecule has 120 valence electrons. The van der Waals surface area contributed by atoms with Crippen LogP contribution in [0.15, 0.2) is 22.9 Å². The quantitative estimate of drug-likeness (QED) is 0.875. The zero-order valence-corrected chi connectivity index (χ0v) is 13.0. The summed E-state index contributed by atoms with van der Waals surface area (Å²) < 4.78 is 5.31. The first-order valence-corrected chi connectivity index (χ1v) is 8.01. The molecular formula is C17H19N3O3. The van der Waals surface area contributed by atoms with Crippen LogP contribution < -0.4 is 5.32 Å². The summed E-state index contributed by atoms with van der Waals surface area (Å²) in [5.41, 5.74) is 1.33. The Bertz CT molecular complexity index is 770. The van der Waals surface area contributed by atoms with E-state index in [9.17, 15) is 9.59 Å². The molecule has 2 aliphatic heterocycles. The topological polar surface area (TPSA) is 75.4 Å². The van der Waals surface area contributed by atoms with Gasteiger partial charge in [0, 0.05) is 24.5 Å². The first-order valence-electron chi connectivity index (χ1n) is 8.01. The summed E-state index contributed by atoms with van der Waals surface area (Å²) in [6, 6.07) is 1.82. The van der Waals surface area contributed by atoms with Gasteiger partial charge >= 0.3 is 0 Å². The molecule has 0 radical (unpaired) electrons. The fraction of sp³-hybridized carbons (Fsp3) is 0.471. The van der Waals surface area contributed by atoms with E-state index in [1.807, 2.05) is 0 Å². The fourth-order valence-electron chi connectivity index (χ4n) is 3.75. The van der Waals surface area contributed by atoms with Crippen LogP contribution in [0.25, 0.3) is 11.0 Å². The number of amides is 1. The highest BCUT2D eigenvalue weighted by atomic mass is 16.3. The molecule has 3 unspecified atom stereocenters. The van der Waals surface area contributed by atoms with Crippen molar-refractivity contribution < 1.29 is 14.0 Å². The summed E-state index contributed by atoms with van der Waals surface area (Å²) in [6.45, 7) is 4.69. The Morgan fingerprint density at radius 3 is 3.04 bits per heavy atom. The van der Waals surface area contributed by atoms with Crippen molar-refractivity contribution in [1.29, 1.82) is 0 Å². The van der Waals surface area contributed by atoms with Gasteiger partial charge in [-0.15, -0.1) is 0 Å². The van der Waals surface area contributed by atoms with Crippen molar-refractivity contribution in [1.82, 2.24) is 15.2 Å². The van der Waals surface area contributed by atoms with Gasteiger partial charge in [-0.2, -0.15) is 0 Å². The standard InChI is InChI=1S/C17H19N3O3/c1-10(21)14-9-23-16-6-18-15(5-13(14)16)17(22)19-12-4-11-2-3-20(7-11)8-12/h5-6,9,11-12H,2-4,7-8H2,1H3,(H,19,22). The Morgan fingerprint density at radius 2 is 2.26 bits per heavy atom. The molecule has 6 nitrogen and oxygen atoms in total. The number of carbonyl (C=O) groups is 2.